The monoisotopic (exact) mass is 149 g/mol. The van der Waals surface area contributed by atoms with Gasteiger partial charge in [-0.05, 0) is 31.0 Å². The molecule has 0 spiro atoms. The molecule has 0 aromatic heterocycles. The summed E-state index contributed by atoms with van der Waals surface area (Å²) in [6, 6.07) is 8.03. The minimum Gasteiger partial charge on any atom is -0.487 e. The molecular formula is C10H13O. The molecule has 0 N–H and O–H groups in total. The van der Waals surface area contributed by atoms with E-state index in [1.807, 2.05) is 18.2 Å². The molecule has 1 rings (SSSR count). The number of benzene rings is 1. The molecule has 0 saturated heterocycles. The van der Waals surface area contributed by atoms with Crippen molar-refractivity contribution in [2.45, 2.75) is 20.3 Å². The van der Waals surface area contributed by atoms with E-state index in [-0.39, 0.29) is 0 Å². The van der Waals surface area contributed by atoms with E-state index >= 15 is 0 Å². The average Bonchev–Trinajstić information content (AvgIpc) is 2.01. The molecule has 0 saturated carbocycles. The van der Waals surface area contributed by atoms with Crippen molar-refractivity contribution in [3.63, 3.8) is 0 Å². The first-order valence-corrected chi connectivity index (χ1v) is 3.88. The second-order valence-electron chi connectivity index (χ2n) is 2.51. The van der Waals surface area contributed by atoms with Crippen LogP contribution in [0.1, 0.15) is 18.9 Å². The minimum atomic E-state index is 0.923. The van der Waals surface area contributed by atoms with Crippen molar-refractivity contribution in [3.05, 3.63) is 36.4 Å². The molecule has 0 fully saturated rings. The smallest absolute Gasteiger partial charge is 0.135 e. The van der Waals surface area contributed by atoms with Crippen LogP contribution in [-0.4, -0.2) is 0 Å². The molecule has 1 aromatic carbocycles. The van der Waals surface area contributed by atoms with Gasteiger partial charge in [-0.3, -0.25) is 0 Å². The molecule has 0 heterocycles. The van der Waals surface area contributed by atoms with Gasteiger partial charge >= 0.3 is 0 Å². The highest BCUT2D eigenvalue weighted by atomic mass is 16.5. The van der Waals surface area contributed by atoms with Gasteiger partial charge in [0.25, 0.3) is 0 Å². The van der Waals surface area contributed by atoms with Crippen LogP contribution >= 0.6 is 0 Å². The molecule has 11 heavy (non-hydrogen) atoms. The van der Waals surface area contributed by atoms with Gasteiger partial charge in [0.2, 0.25) is 0 Å². The molecule has 1 nitrogen and oxygen atoms in total. The molecule has 0 amide bonds. The van der Waals surface area contributed by atoms with Crippen LogP contribution in [0, 0.1) is 13.5 Å². The Morgan fingerprint density at radius 1 is 1.45 bits per heavy atom. The van der Waals surface area contributed by atoms with Crippen LogP contribution in [0.4, 0.5) is 0 Å². The number of aryl methyl sites for hydroxylation is 1. The standard InChI is InChI=1S/C10H13O/c1-3-7-11-10-6-4-5-9(2)8-10/h4-8H,3H2,1-2H3. The Morgan fingerprint density at radius 3 is 2.91 bits per heavy atom. The molecule has 1 aromatic rings. The number of ether oxygens (including phenoxy) is 1. The Balaban J connectivity index is 2.56. The second-order valence-corrected chi connectivity index (χ2v) is 2.51. The number of hydrogen-bond acceptors (Lipinski definition) is 1. The van der Waals surface area contributed by atoms with Gasteiger partial charge in [-0.1, -0.05) is 19.1 Å². The first-order valence-electron chi connectivity index (χ1n) is 3.88. The normalized spacial score (nSPS) is 9.64. The Morgan fingerprint density at radius 2 is 2.27 bits per heavy atom. The Labute approximate surface area is 68.0 Å². The first-order chi connectivity index (χ1) is 5.33. The van der Waals surface area contributed by atoms with Gasteiger partial charge in [-0.2, -0.15) is 0 Å². The van der Waals surface area contributed by atoms with Gasteiger partial charge in [-0.15, -0.1) is 0 Å². The van der Waals surface area contributed by atoms with Crippen molar-refractivity contribution in [2.24, 2.45) is 0 Å². The van der Waals surface area contributed by atoms with Crippen molar-refractivity contribution in [2.75, 3.05) is 0 Å². The molecule has 0 bridgehead atoms. The van der Waals surface area contributed by atoms with Gasteiger partial charge in [0.15, 0.2) is 0 Å². The van der Waals surface area contributed by atoms with E-state index in [0.717, 1.165) is 12.2 Å². The molecule has 0 aliphatic rings. The summed E-state index contributed by atoms with van der Waals surface area (Å²) in [6.07, 6.45) is 0.938. The quantitative estimate of drug-likeness (QED) is 0.642. The van der Waals surface area contributed by atoms with Crippen molar-refractivity contribution in [3.8, 4) is 5.75 Å². The molecule has 0 aliphatic heterocycles. The van der Waals surface area contributed by atoms with Crippen molar-refractivity contribution >= 4 is 0 Å². The van der Waals surface area contributed by atoms with Gasteiger partial charge < -0.3 is 4.74 Å². The highest BCUT2D eigenvalue weighted by Crippen LogP contribution is 2.13. The van der Waals surface area contributed by atoms with Crippen molar-refractivity contribution < 1.29 is 4.74 Å². The highest BCUT2D eigenvalue weighted by molar-refractivity contribution is 5.27. The maximum Gasteiger partial charge on any atom is 0.135 e. The topological polar surface area (TPSA) is 9.23 Å². The third kappa shape index (κ3) is 2.62. The summed E-state index contributed by atoms with van der Waals surface area (Å²) < 4.78 is 5.31. The molecular weight excluding hydrogens is 136 g/mol. The summed E-state index contributed by atoms with van der Waals surface area (Å²) in [4.78, 5) is 0. The van der Waals surface area contributed by atoms with E-state index in [1.54, 1.807) is 6.61 Å². The average molecular weight is 149 g/mol. The highest BCUT2D eigenvalue weighted by Gasteiger charge is 1.91. The van der Waals surface area contributed by atoms with E-state index < -0.39 is 0 Å². The zero-order chi connectivity index (χ0) is 8.10. The molecule has 59 valence electrons. The van der Waals surface area contributed by atoms with Gasteiger partial charge in [0.1, 0.15) is 12.4 Å². The van der Waals surface area contributed by atoms with Crippen LogP contribution < -0.4 is 4.74 Å². The van der Waals surface area contributed by atoms with E-state index in [4.69, 9.17) is 4.74 Å². The summed E-state index contributed by atoms with van der Waals surface area (Å²) in [6.45, 7) is 5.91. The first kappa shape index (κ1) is 8.12. The number of rotatable bonds is 3. The second kappa shape index (κ2) is 4.02. The summed E-state index contributed by atoms with van der Waals surface area (Å²) in [5, 5.41) is 0. The predicted molar refractivity (Wildman–Crippen MR) is 46.4 cm³/mol. The summed E-state index contributed by atoms with van der Waals surface area (Å²) in [7, 11) is 0. The molecule has 1 radical (unpaired) electrons. The lowest BCUT2D eigenvalue weighted by Gasteiger charge is -2.02. The van der Waals surface area contributed by atoms with E-state index in [9.17, 15) is 0 Å². The van der Waals surface area contributed by atoms with Crippen LogP contribution in [0.2, 0.25) is 0 Å². The van der Waals surface area contributed by atoms with Crippen LogP contribution in [0.3, 0.4) is 0 Å². The lowest BCUT2D eigenvalue weighted by Crippen LogP contribution is -1.87. The maximum absolute atomic E-state index is 5.31. The van der Waals surface area contributed by atoms with Crippen molar-refractivity contribution in [1.82, 2.24) is 0 Å². The summed E-state index contributed by atoms with van der Waals surface area (Å²) >= 11 is 0. The fourth-order valence-corrected chi connectivity index (χ4v) is 0.868. The van der Waals surface area contributed by atoms with Crippen LogP contribution in [-0.2, 0) is 0 Å². The fourth-order valence-electron chi connectivity index (χ4n) is 0.868. The summed E-state index contributed by atoms with van der Waals surface area (Å²) in [5.74, 6) is 0.923. The zero-order valence-electron chi connectivity index (χ0n) is 7.00. The van der Waals surface area contributed by atoms with Crippen LogP contribution in [0.25, 0.3) is 0 Å². The molecule has 0 aliphatic carbocycles. The van der Waals surface area contributed by atoms with E-state index in [0.29, 0.717) is 0 Å². The van der Waals surface area contributed by atoms with Gasteiger partial charge in [0.05, 0.1) is 0 Å². The van der Waals surface area contributed by atoms with Gasteiger partial charge in [0, 0.05) is 0 Å². The lowest BCUT2D eigenvalue weighted by molar-refractivity contribution is 0.397. The molecule has 0 unspecified atom stereocenters. The Bertz CT molecular complexity index is 218. The largest absolute Gasteiger partial charge is 0.487 e. The fraction of sp³-hybridized carbons (Fsp3) is 0.300. The SMILES string of the molecule is CC[CH]Oc1cccc(C)c1. The lowest BCUT2D eigenvalue weighted by atomic mass is 10.2. The van der Waals surface area contributed by atoms with E-state index in [2.05, 4.69) is 19.9 Å². The van der Waals surface area contributed by atoms with E-state index in [1.165, 1.54) is 5.56 Å². The predicted octanol–water partition coefficient (Wildman–Crippen LogP) is 2.95. The van der Waals surface area contributed by atoms with Crippen LogP contribution in [0.5, 0.6) is 5.75 Å². The van der Waals surface area contributed by atoms with Crippen LogP contribution in [0.15, 0.2) is 24.3 Å². The molecule has 0 atom stereocenters. The summed E-state index contributed by atoms with van der Waals surface area (Å²) in [5.41, 5.74) is 1.23. The van der Waals surface area contributed by atoms with Gasteiger partial charge in [-0.25, -0.2) is 0 Å². The Kier molecular flexibility index (Phi) is 2.96. The minimum absolute atomic E-state index is 0.923. The zero-order valence-corrected chi connectivity index (χ0v) is 7.00. The molecule has 1 heteroatoms. The van der Waals surface area contributed by atoms with Crippen molar-refractivity contribution in [1.29, 1.82) is 0 Å². The number of hydrogen-bond donors (Lipinski definition) is 0. The third-order valence-corrected chi connectivity index (χ3v) is 1.38. The maximum atomic E-state index is 5.31. The third-order valence-electron chi connectivity index (χ3n) is 1.38. The Hall–Kier alpha value is -0.980.